The molecule has 0 unspecified atom stereocenters. The number of amides is 1. The van der Waals surface area contributed by atoms with E-state index in [0.29, 0.717) is 17.3 Å². The zero-order chi connectivity index (χ0) is 20.4. The molecular formula is C23H23N5O. The molecule has 0 bridgehead atoms. The second kappa shape index (κ2) is 7.75. The molecular weight excluding hydrogens is 362 g/mol. The number of benzene rings is 2. The molecule has 4 aromatic rings. The van der Waals surface area contributed by atoms with Gasteiger partial charge in [-0.1, -0.05) is 30.3 Å². The van der Waals surface area contributed by atoms with Crippen molar-refractivity contribution >= 4 is 28.6 Å². The first-order valence-electron chi connectivity index (χ1n) is 9.55. The van der Waals surface area contributed by atoms with Crippen LogP contribution in [0.2, 0.25) is 0 Å². The molecule has 29 heavy (non-hydrogen) atoms. The smallest absolute Gasteiger partial charge is 0.257 e. The number of fused-ring (bicyclic) bond motifs is 1. The van der Waals surface area contributed by atoms with E-state index in [1.54, 1.807) is 12.4 Å². The van der Waals surface area contributed by atoms with Crippen molar-refractivity contribution in [1.82, 2.24) is 15.0 Å². The van der Waals surface area contributed by atoms with E-state index in [2.05, 4.69) is 39.0 Å². The SMILES string of the molecule is CC(C)N(C)c1nc2ccc(NC(=O)c3cncc(-c4ccccc4)c3)cc2[nH]1. The lowest BCUT2D eigenvalue weighted by Crippen LogP contribution is -2.26. The van der Waals surface area contributed by atoms with Crippen molar-refractivity contribution in [2.45, 2.75) is 19.9 Å². The third-order valence-electron chi connectivity index (χ3n) is 4.94. The van der Waals surface area contributed by atoms with Crippen LogP contribution in [0.25, 0.3) is 22.2 Å². The summed E-state index contributed by atoms with van der Waals surface area (Å²) >= 11 is 0. The molecule has 0 saturated carbocycles. The maximum atomic E-state index is 12.8. The summed E-state index contributed by atoms with van der Waals surface area (Å²) in [6.45, 7) is 4.22. The fourth-order valence-corrected chi connectivity index (χ4v) is 3.04. The summed E-state index contributed by atoms with van der Waals surface area (Å²) in [5.41, 5.74) is 4.88. The second-order valence-corrected chi connectivity index (χ2v) is 7.28. The maximum Gasteiger partial charge on any atom is 0.257 e. The van der Waals surface area contributed by atoms with Crippen LogP contribution in [-0.2, 0) is 0 Å². The van der Waals surface area contributed by atoms with Gasteiger partial charge in [0.05, 0.1) is 16.6 Å². The quantitative estimate of drug-likeness (QED) is 0.521. The van der Waals surface area contributed by atoms with Crippen LogP contribution in [0.15, 0.2) is 67.0 Å². The minimum absolute atomic E-state index is 0.200. The van der Waals surface area contributed by atoms with Gasteiger partial charge in [-0.05, 0) is 43.7 Å². The Bertz CT molecular complexity index is 1150. The average Bonchev–Trinajstić information content (AvgIpc) is 3.17. The van der Waals surface area contributed by atoms with Gasteiger partial charge in [0.2, 0.25) is 5.95 Å². The molecule has 4 rings (SSSR count). The zero-order valence-electron chi connectivity index (χ0n) is 16.7. The Balaban J connectivity index is 1.56. The molecule has 0 radical (unpaired) electrons. The minimum Gasteiger partial charge on any atom is -0.343 e. The first kappa shape index (κ1) is 18.7. The predicted octanol–water partition coefficient (Wildman–Crippen LogP) is 4.72. The zero-order valence-corrected chi connectivity index (χ0v) is 16.7. The standard InChI is InChI=1S/C23H23N5O/c1-15(2)28(3)23-26-20-10-9-19(12-21(20)27-23)25-22(29)18-11-17(13-24-14-18)16-7-5-4-6-8-16/h4-15H,1-3H3,(H,25,29)(H,26,27). The molecule has 0 spiro atoms. The molecule has 2 heterocycles. The van der Waals surface area contributed by atoms with E-state index in [1.165, 1.54) is 0 Å². The number of carbonyl (C=O) groups excluding carboxylic acids is 1. The summed E-state index contributed by atoms with van der Waals surface area (Å²) in [7, 11) is 2.00. The third-order valence-corrected chi connectivity index (χ3v) is 4.94. The van der Waals surface area contributed by atoms with Crippen LogP contribution in [-0.4, -0.2) is 33.9 Å². The van der Waals surface area contributed by atoms with Gasteiger partial charge < -0.3 is 15.2 Å². The van der Waals surface area contributed by atoms with Crippen molar-refractivity contribution in [1.29, 1.82) is 0 Å². The molecule has 0 aliphatic carbocycles. The first-order chi connectivity index (χ1) is 14.0. The number of carbonyl (C=O) groups is 1. The number of imidazole rings is 1. The molecule has 146 valence electrons. The summed E-state index contributed by atoms with van der Waals surface area (Å²) in [5.74, 6) is 0.604. The van der Waals surface area contributed by atoms with Crippen molar-refractivity contribution in [2.24, 2.45) is 0 Å². The van der Waals surface area contributed by atoms with Gasteiger partial charge in [-0.25, -0.2) is 4.98 Å². The fourth-order valence-electron chi connectivity index (χ4n) is 3.04. The van der Waals surface area contributed by atoms with Crippen molar-refractivity contribution in [2.75, 3.05) is 17.3 Å². The molecule has 6 heteroatoms. The lowest BCUT2D eigenvalue weighted by molar-refractivity contribution is 0.102. The van der Waals surface area contributed by atoms with Crippen LogP contribution < -0.4 is 10.2 Å². The Morgan fingerprint density at radius 2 is 1.83 bits per heavy atom. The largest absolute Gasteiger partial charge is 0.343 e. The summed E-state index contributed by atoms with van der Waals surface area (Å²) < 4.78 is 0. The topological polar surface area (TPSA) is 73.9 Å². The van der Waals surface area contributed by atoms with E-state index >= 15 is 0 Å². The highest BCUT2D eigenvalue weighted by Crippen LogP contribution is 2.23. The molecule has 0 saturated heterocycles. The fraction of sp³-hybridized carbons (Fsp3) is 0.174. The molecule has 1 amide bonds. The number of nitrogens with zero attached hydrogens (tertiary/aromatic N) is 3. The highest BCUT2D eigenvalue weighted by molar-refractivity contribution is 6.05. The molecule has 2 aromatic heterocycles. The van der Waals surface area contributed by atoms with Crippen LogP contribution in [0.5, 0.6) is 0 Å². The number of hydrogen-bond acceptors (Lipinski definition) is 4. The van der Waals surface area contributed by atoms with Gasteiger partial charge in [0.15, 0.2) is 0 Å². The third kappa shape index (κ3) is 3.96. The molecule has 0 fully saturated rings. The van der Waals surface area contributed by atoms with Crippen molar-refractivity contribution in [3.8, 4) is 11.1 Å². The van der Waals surface area contributed by atoms with Gasteiger partial charge in [-0.2, -0.15) is 0 Å². The molecule has 2 N–H and O–H groups in total. The van der Waals surface area contributed by atoms with Crippen LogP contribution in [0.4, 0.5) is 11.6 Å². The Labute approximate surface area is 169 Å². The van der Waals surface area contributed by atoms with E-state index in [4.69, 9.17) is 0 Å². The molecule has 6 nitrogen and oxygen atoms in total. The minimum atomic E-state index is -0.200. The van der Waals surface area contributed by atoms with Crippen LogP contribution in [0, 0.1) is 0 Å². The maximum absolute atomic E-state index is 12.8. The summed E-state index contributed by atoms with van der Waals surface area (Å²) in [6.07, 6.45) is 3.34. The number of aromatic amines is 1. The average molecular weight is 385 g/mol. The summed E-state index contributed by atoms with van der Waals surface area (Å²) in [5, 5.41) is 2.95. The van der Waals surface area contributed by atoms with Gasteiger partial charge in [0.1, 0.15) is 0 Å². The number of hydrogen-bond donors (Lipinski definition) is 2. The Morgan fingerprint density at radius 1 is 1.03 bits per heavy atom. The normalized spacial score (nSPS) is 11.0. The number of nitrogens with one attached hydrogen (secondary N) is 2. The molecule has 0 aliphatic rings. The predicted molar refractivity (Wildman–Crippen MR) is 117 cm³/mol. The van der Waals surface area contributed by atoms with E-state index in [0.717, 1.165) is 28.1 Å². The van der Waals surface area contributed by atoms with E-state index < -0.39 is 0 Å². The summed E-state index contributed by atoms with van der Waals surface area (Å²) in [6, 6.07) is 17.7. The van der Waals surface area contributed by atoms with Crippen LogP contribution >= 0.6 is 0 Å². The van der Waals surface area contributed by atoms with Gasteiger partial charge in [0, 0.05) is 36.7 Å². The number of aromatic nitrogens is 3. The Morgan fingerprint density at radius 3 is 2.59 bits per heavy atom. The molecule has 0 atom stereocenters. The Hall–Kier alpha value is -3.67. The highest BCUT2D eigenvalue weighted by atomic mass is 16.1. The Kier molecular flexibility index (Phi) is 4.99. The van der Waals surface area contributed by atoms with Gasteiger partial charge in [0.25, 0.3) is 5.91 Å². The van der Waals surface area contributed by atoms with Crippen molar-refractivity contribution in [3.63, 3.8) is 0 Å². The van der Waals surface area contributed by atoms with Gasteiger partial charge in [-0.3, -0.25) is 9.78 Å². The van der Waals surface area contributed by atoms with E-state index in [-0.39, 0.29) is 5.91 Å². The monoisotopic (exact) mass is 385 g/mol. The molecule has 0 aliphatic heterocycles. The lowest BCUT2D eigenvalue weighted by Gasteiger charge is -2.19. The number of rotatable bonds is 5. The van der Waals surface area contributed by atoms with E-state index in [9.17, 15) is 4.79 Å². The second-order valence-electron chi connectivity index (χ2n) is 7.28. The molecule has 2 aromatic carbocycles. The highest BCUT2D eigenvalue weighted by Gasteiger charge is 2.12. The van der Waals surface area contributed by atoms with Crippen molar-refractivity contribution in [3.05, 3.63) is 72.6 Å². The van der Waals surface area contributed by atoms with E-state index in [1.807, 2.05) is 61.6 Å². The van der Waals surface area contributed by atoms with Gasteiger partial charge >= 0.3 is 0 Å². The number of pyridine rings is 1. The van der Waals surface area contributed by atoms with Crippen molar-refractivity contribution < 1.29 is 4.79 Å². The summed E-state index contributed by atoms with van der Waals surface area (Å²) in [4.78, 5) is 27.0. The van der Waals surface area contributed by atoms with Crippen LogP contribution in [0.3, 0.4) is 0 Å². The first-order valence-corrected chi connectivity index (χ1v) is 9.55. The number of anilines is 2. The van der Waals surface area contributed by atoms with Gasteiger partial charge in [-0.15, -0.1) is 0 Å². The van der Waals surface area contributed by atoms with Crippen LogP contribution in [0.1, 0.15) is 24.2 Å². The lowest BCUT2D eigenvalue weighted by atomic mass is 10.1. The number of H-pyrrole nitrogens is 1.